The fraction of sp³-hybridized carbons (Fsp3) is 0.364. The number of hydrogen-bond donors (Lipinski definition) is 2. The Labute approximate surface area is 162 Å². The Balaban J connectivity index is 2.52. The Bertz CT molecular complexity index is 889. The average Bonchev–Trinajstić information content (AvgIpc) is 2.53. The first-order valence-electron chi connectivity index (χ1n) is 8.87. The summed E-state index contributed by atoms with van der Waals surface area (Å²) in [6.45, 7) is 6.69. The summed E-state index contributed by atoms with van der Waals surface area (Å²) in [5, 5.41) is 20.2. The first kappa shape index (κ1) is 21.7. The first-order valence-corrected chi connectivity index (χ1v) is 8.87. The van der Waals surface area contributed by atoms with Crippen LogP contribution in [0, 0.1) is 17.0 Å². The lowest BCUT2D eigenvalue weighted by Crippen LogP contribution is -2.49. The van der Waals surface area contributed by atoms with Crippen molar-refractivity contribution < 1.29 is 28.6 Å². The number of carbonyl (C=O) groups is 2. The Morgan fingerprint density at radius 2 is 1.79 bits per heavy atom. The molecule has 1 aliphatic carbocycles. The van der Waals surface area contributed by atoms with Crippen molar-refractivity contribution in [3.8, 4) is 0 Å². The van der Waals surface area contributed by atoms with Gasteiger partial charge in [-0.1, -0.05) is 19.9 Å². The topological polar surface area (TPSA) is 74.6 Å². The molecular weight excluding hydrogens is 366 g/mol. The van der Waals surface area contributed by atoms with Gasteiger partial charge < -0.3 is 10.2 Å². The highest BCUT2D eigenvalue weighted by atomic mass is 19.1. The lowest BCUT2D eigenvalue weighted by molar-refractivity contribution is -0.131. The highest BCUT2D eigenvalue weighted by Crippen LogP contribution is 2.47. The molecule has 28 heavy (non-hydrogen) atoms. The van der Waals surface area contributed by atoms with Crippen LogP contribution in [0.15, 0.2) is 53.1 Å². The molecule has 0 amide bonds. The van der Waals surface area contributed by atoms with Gasteiger partial charge in [0.1, 0.15) is 17.2 Å². The third-order valence-corrected chi connectivity index (χ3v) is 5.24. The quantitative estimate of drug-likeness (QED) is 0.585. The fourth-order valence-electron chi connectivity index (χ4n) is 3.58. The van der Waals surface area contributed by atoms with Gasteiger partial charge in [-0.3, -0.25) is 4.79 Å². The van der Waals surface area contributed by atoms with E-state index >= 15 is 0 Å². The minimum absolute atomic E-state index is 0.00444. The molecule has 6 heteroatoms. The average molecular weight is 390 g/mol. The van der Waals surface area contributed by atoms with Crippen LogP contribution >= 0.6 is 0 Å². The zero-order chi connectivity index (χ0) is 21.3. The van der Waals surface area contributed by atoms with Crippen molar-refractivity contribution in [2.24, 2.45) is 5.41 Å². The number of aliphatic hydroxyl groups is 1. The number of benzene rings is 1. The molecule has 4 nitrogen and oxygen atoms in total. The maximum absolute atomic E-state index is 13.5. The summed E-state index contributed by atoms with van der Waals surface area (Å²) in [4.78, 5) is 23.5. The van der Waals surface area contributed by atoms with Gasteiger partial charge in [0.15, 0.2) is 5.78 Å². The minimum Gasteiger partial charge on any atom is -0.478 e. The van der Waals surface area contributed by atoms with Gasteiger partial charge in [0.25, 0.3) is 0 Å². The van der Waals surface area contributed by atoms with E-state index in [9.17, 15) is 23.5 Å². The van der Waals surface area contributed by atoms with E-state index in [1.165, 1.54) is 12.2 Å². The molecule has 0 unspecified atom stereocenters. The van der Waals surface area contributed by atoms with E-state index in [1.54, 1.807) is 27.7 Å². The van der Waals surface area contributed by atoms with Gasteiger partial charge in [0.05, 0.1) is 0 Å². The van der Waals surface area contributed by atoms with Crippen LogP contribution in [0.2, 0.25) is 0 Å². The van der Waals surface area contributed by atoms with E-state index in [2.05, 4.69) is 0 Å². The number of carboxylic acid groups (broad SMARTS) is 1. The Kier molecular flexibility index (Phi) is 6.04. The van der Waals surface area contributed by atoms with Gasteiger partial charge in [-0.15, -0.1) is 0 Å². The van der Waals surface area contributed by atoms with Crippen molar-refractivity contribution in [2.75, 3.05) is 0 Å². The van der Waals surface area contributed by atoms with E-state index in [0.29, 0.717) is 22.3 Å². The smallest absolute Gasteiger partial charge is 0.328 e. The van der Waals surface area contributed by atoms with Crippen LogP contribution in [-0.2, 0) is 16.0 Å². The maximum atomic E-state index is 13.5. The van der Waals surface area contributed by atoms with E-state index in [1.807, 2.05) is 0 Å². The predicted molar refractivity (Wildman–Crippen MR) is 102 cm³/mol. The second kappa shape index (κ2) is 7.80. The van der Waals surface area contributed by atoms with Crippen molar-refractivity contribution in [3.05, 3.63) is 70.3 Å². The molecule has 1 aromatic carbocycles. The lowest BCUT2D eigenvalue weighted by Gasteiger charge is -2.45. The van der Waals surface area contributed by atoms with Gasteiger partial charge in [0, 0.05) is 36.0 Å². The van der Waals surface area contributed by atoms with Crippen LogP contribution < -0.4 is 0 Å². The molecule has 0 aliphatic heterocycles. The second-order valence-electron chi connectivity index (χ2n) is 7.87. The molecule has 0 saturated carbocycles. The van der Waals surface area contributed by atoms with Gasteiger partial charge in [-0.25, -0.2) is 13.6 Å². The highest BCUT2D eigenvalue weighted by molar-refractivity contribution is 5.98. The summed E-state index contributed by atoms with van der Waals surface area (Å²) < 4.78 is 27.0. The lowest BCUT2D eigenvalue weighted by atomic mass is 9.62. The molecule has 0 aromatic heterocycles. The van der Waals surface area contributed by atoms with Crippen LogP contribution in [0.25, 0.3) is 0 Å². The van der Waals surface area contributed by atoms with Crippen molar-refractivity contribution in [2.45, 2.75) is 46.1 Å². The molecule has 1 aliphatic rings. The Morgan fingerprint density at radius 1 is 1.21 bits per heavy atom. The van der Waals surface area contributed by atoms with Crippen LogP contribution in [0.4, 0.5) is 8.78 Å². The van der Waals surface area contributed by atoms with Crippen molar-refractivity contribution in [1.82, 2.24) is 0 Å². The van der Waals surface area contributed by atoms with Gasteiger partial charge in [0.2, 0.25) is 0 Å². The second-order valence-corrected chi connectivity index (χ2v) is 7.87. The summed E-state index contributed by atoms with van der Waals surface area (Å²) in [6.07, 6.45) is 4.02. The van der Waals surface area contributed by atoms with E-state index < -0.39 is 28.6 Å². The number of halogens is 2. The molecule has 0 heterocycles. The number of allylic oxidation sites excluding steroid dienone is 3. The van der Waals surface area contributed by atoms with E-state index in [4.69, 9.17) is 5.11 Å². The van der Waals surface area contributed by atoms with Crippen molar-refractivity contribution >= 4 is 11.8 Å². The zero-order valence-corrected chi connectivity index (χ0v) is 16.3. The Hall–Kier alpha value is -2.60. The summed E-state index contributed by atoms with van der Waals surface area (Å²) >= 11 is 0. The van der Waals surface area contributed by atoms with Crippen LogP contribution in [0.1, 0.15) is 39.7 Å². The normalized spacial score (nSPS) is 22.8. The SMILES string of the molecule is CC1=C(Cc2cc(F)cc(F)c2)C(=O)CC(C)(C)[C@@]1(O)/C=C/C(C)=C\C(=O)O. The molecule has 0 fully saturated rings. The largest absolute Gasteiger partial charge is 0.478 e. The maximum Gasteiger partial charge on any atom is 0.328 e. The molecular formula is C22H24F2O4. The molecule has 0 radical (unpaired) electrons. The van der Waals surface area contributed by atoms with Crippen LogP contribution in [0.5, 0.6) is 0 Å². The standard InChI is InChI=1S/C22H24F2O4/c1-13(7-20(26)27)5-6-22(28)14(2)18(19(25)12-21(22,3)4)10-15-8-16(23)11-17(24)9-15/h5-9,11,28H,10,12H2,1-4H3,(H,26,27)/b6-5+,13-7-/t22-/m1/s1. The fourth-order valence-corrected chi connectivity index (χ4v) is 3.58. The van der Waals surface area contributed by atoms with Gasteiger partial charge in [-0.05, 0) is 48.8 Å². The van der Waals surface area contributed by atoms with Crippen LogP contribution in [0.3, 0.4) is 0 Å². The number of carbonyl (C=O) groups excluding carboxylic acids is 1. The summed E-state index contributed by atoms with van der Waals surface area (Å²) in [6, 6.07) is 3.07. The summed E-state index contributed by atoms with van der Waals surface area (Å²) in [5.41, 5.74) is -0.946. The monoisotopic (exact) mass is 390 g/mol. The summed E-state index contributed by atoms with van der Waals surface area (Å²) in [5.74, 6) is -2.76. The zero-order valence-electron chi connectivity index (χ0n) is 16.3. The summed E-state index contributed by atoms with van der Waals surface area (Å²) in [7, 11) is 0. The molecule has 150 valence electrons. The van der Waals surface area contributed by atoms with Crippen LogP contribution in [-0.4, -0.2) is 27.6 Å². The number of carboxylic acids is 1. The third kappa shape index (κ3) is 4.44. The third-order valence-electron chi connectivity index (χ3n) is 5.24. The van der Waals surface area contributed by atoms with Gasteiger partial charge >= 0.3 is 5.97 Å². The molecule has 0 spiro atoms. The molecule has 1 atom stereocenters. The number of Topliss-reactive ketones (excluding diaryl/α,β-unsaturated/α-hetero) is 1. The van der Waals surface area contributed by atoms with E-state index in [0.717, 1.165) is 24.3 Å². The number of rotatable bonds is 5. The first-order chi connectivity index (χ1) is 12.9. The van der Waals surface area contributed by atoms with Crippen molar-refractivity contribution in [1.29, 1.82) is 0 Å². The number of ketones is 1. The molecule has 0 saturated heterocycles. The number of hydrogen-bond acceptors (Lipinski definition) is 3. The number of aliphatic carboxylic acids is 1. The molecule has 1 aromatic rings. The van der Waals surface area contributed by atoms with Crippen molar-refractivity contribution in [3.63, 3.8) is 0 Å². The minimum atomic E-state index is -1.52. The Morgan fingerprint density at radius 3 is 2.32 bits per heavy atom. The molecule has 2 N–H and O–H groups in total. The predicted octanol–water partition coefficient (Wildman–Crippen LogP) is 4.14. The molecule has 2 rings (SSSR count). The highest BCUT2D eigenvalue weighted by Gasteiger charge is 2.49. The van der Waals surface area contributed by atoms with E-state index in [-0.39, 0.29) is 18.6 Å². The van der Waals surface area contributed by atoms with Gasteiger partial charge in [-0.2, -0.15) is 0 Å². The molecule has 0 bridgehead atoms.